The average molecular weight is 453 g/mol. The normalized spacial score (nSPS) is 22.1. The number of nitrogen functional groups attached to an aromatic ring is 1. The van der Waals surface area contributed by atoms with Crippen molar-refractivity contribution < 1.29 is 28.2 Å². The van der Waals surface area contributed by atoms with Gasteiger partial charge in [-0.25, -0.2) is 4.98 Å². The van der Waals surface area contributed by atoms with Crippen molar-refractivity contribution in [3.05, 3.63) is 48.3 Å². The standard InChI is InChI=1S/C22H20FN5O5/c1-3-22(11-31-13(2)29)15(32-17(30)9-14-7-5-4-6-8-14)10-16(33-22)28-12-25-18-19(24)26-21(23)27-20(18)28/h1,4-8,12,15-16H,9-11H2,2H3,(H2,24,26,27). The second-order valence-corrected chi connectivity index (χ2v) is 7.47. The Bertz CT molecular complexity index is 1240. The number of benzene rings is 1. The van der Waals surface area contributed by atoms with Gasteiger partial charge in [-0.2, -0.15) is 14.4 Å². The van der Waals surface area contributed by atoms with Gasteiger partial charge in [-0.3, -0.25) is 14.2 Å². The molecular formula is C22H20FN5O5. The Morgan fingerprint density at radius 1 is 1.36 bits per heavy atom. The Kier molecular flexibility index (Phi) is 5.93. The maximum Gasteiger partial charge on any atom is 0.312 e. The summed E-state index contributed by atoms with van der Waals surface area (Å²) in [5.41, 5.74) is 5.17. The largest absolute Gasteiger partial charge is 0.462 e. The fraction of sp³-hybridized carbons (Fsp3) is 0.318. The molecule has 10 nitrogen and oxygen atoms in total. The van der Waals surface area contributed by atoms with Gasteiger partial charge in [0.05, 0.1) is 12.7 Å². The summed E-state index contributed by atoms with van der Waals surface area (Å²) in [5.74, 6) is 1.22. The van der Waals surface area contributed by atoms with Crippen molar-refractivity contribution in [3.63, 3.8) is 0 Å². The van der Waals surface area contributed by atoms with E-state index in [1.807, 2.05) is 6.07 Å². The fourth-order valence-electron chi connectivity index (χ4n) is 3.64. The number of hydrogen-bond donors (Lipinski definition) is 1. The third-order valence-corrected chi connectivity index (χ3v) is 5.21. The summed E-state index contributed by atoms with van der Waals surface area (Å²) in [6, 6.07) is 9.03. The third kappa shape index (κ3) is 4.47. The van der Waals surface area contributed by atoms with Crippen molar-refractivity contribution >= 4 is 28.9 Å². The van der Waals surface area contributed by atoms with E-state index in [9.17, 15) is 14.0 Å². The first-order valence-corrected chi connectivity index (χ1v) is 9.99. The number of imidazole rings is 1. The number of terminal acetylenes is 1. The number of hydrogen-bond acceptors (Lipinski definition) is 9. The molecule has 3 heterocycles. The lowest BCUT2D eigenvalue weighted by Crippen LogP contribution is -2.45. The molecule has 2 aromatic heterocycles. The van der Waals surface area contributed by atoms with E-state index in [4.69, 9.17) is 26.4 Å². The molecule has 1 aliphatic heterocycles. The number of carbonyl (C=O) groups is 2. The smallest absolute Gasteiger partial charge is 0.312 e. The average Bonchev–Trinajstić information content (AvgIpc) is 3.35. The van der Waals surface area contributed by atoms with Gasteiger partial charge in [-0.05, 0) is 5.56 Å². The number of anilines is 1. The monoisotopic (exact) mass is 453 g/mol. The maximum atomic E-state index is 13.8. The number of carbonyl (C=O) groups excluding carboxylic acids is 2. The molecule has 3 aromatic rings. The molecule has 2 N–H and O–H groups in total. The lowest BCUT2D eigenvalue weighted by Gasteiger charge is -2.28. The molecule has 33 heavy (non-hydrogen) atoms. The summed E-state index contributed by atoms with van der Waals surface area (Å²) >= 11 is 0. The lowest BCUT2D eigenvalue weighted by atomic mass is 9.98. The van der Waals surface area contributed by atoms with Crippen LogP contribution in [-0.4, -0.2) is 49.8 Å². The first-order valence-electron chi connectivity index (χ1n) is 9.99. The number of rotatable bonds is 6. The van der Waals surface area contributed by atoms with Gasteiger partial charge in [0.15, 0.2) is 17.0 Å². The lowest BCUT2D eigenvalue weighted by molar-refractivity contribution is -0.165. The minimum atomic E-state index is -1.57. The minimum Gasteiger partial charge on any atom is -0.462 e. The molecule has 3 atom stereocenters. The van der Waals surface area contributed by atoms with E-state index < -0.39 is 35.9 Å². The molecule has 1 aliphatic rings. The Balaban J connectivity index is 1.63. The SMILES string of the molecule is C#CC1(COC(C)=O)OC(n2cnc3c(N)nc(F)nc32)CC1OC(=O)Cc1ccccc1. The quantitative estimate of drug-likeness (QED) is 0.335. The number of ether oxygens (including phenoxy) is 3. The van der Waals surface area contributed by atoms with Crippen molar-refractivity contribution in [2.45, 2.75) is 37.7 Å². The van der Waals surface area contributed by atoms with Crippen molar-refractivity contribution in [2.75, 3.05) is 12.3 Å². The second kappa shape index (κ2) is 8.84. The molecule has 0 saturated carbocycles. The van der Waals surface area contributed by atoms with E-state index in [1.54, 1.807) is 24.3 Å². The van der Waals surface area contributed by atoms with Gasteiger partial charge >= 0.3 is 18.0 Å². The summed E-state index contributed by atoms with van der Waals surface area (Å²) in [6.07, 6.45) is 4.34. The highest BCUT2D eigenvalue weighted by Gasteiger charge is 2.52. The first-order chi connectivity index (χ1) is 15.8. The summed E-state index contributed by atoms with van der Waals surface area (Å²) in [7, 11) is 0. The predicted octanol–water partition coefficient (Wildman–Crippen LogP) is 1.56. The van der Waals surface area contributed by atoms with Crippen LogP contribution in [-0.2, 0) is 30.2 Å². The van der Waals surface area contributed by atoms with Gasteiger partial charge < -0.3 is 19.9 Å². The van der Waals surface area contributed by atoms with E-state index in [0.29, 0.717) is 0 Å². The molecule has 0 bridgehead atoms. The molecule has 1 fully saturated rings. The van der Waals surface area contributed by atoms with Gasteiger partial charge in [0.25, 0.3) is 0 Å². The van der Waals surface area contributed by atoms with Gasteiger partial charge in [0, 0.05) is 13.3 Å². The van der Waals surface area contributed by atoms with E-state index in [2.05, 4.69) is 20.9 Å². The number of halogens is 1. The number of esters is 2. The summed E-state index contributed by atoms with van der Waals surface area (Å²) < 4.78 is 32.0. The maximum absolute atomic E-state index is 13.8. The third-order valence-electron chi connectivity index (χ3n) is 5.21. The molecule has 1 saturated heterocycles. The van der Waals surface area contributed by atoms with E-state index in [-0.39, 0.29) is 36.4 Å². The Labute approximate surface area is 187 Å². The van der Waals surface area contributed by atoms with E-state index in [1.165, 1.54) is 17.8 Å². The van der Waals surface area contributed by atoms with Crippen LogP contribution in [0.3, 0.4) is 0 Å². The Morgan fingerprint density at radius 2 is 2.12 bits per heavy atom. The van der Waals surface area contributed by atoms with Crippen LogP contribution in [0, 0.1) is 18.4 Å². The minimum absolute atomic E-state index is 0.0131. The van der Waals surface area contributed by atoms with Gasteiger partial charge in [0.2, 0.25) is 5.60 Å². The van der Waals surface area contributed by atoms with Crippen molar-refractivity contribution in [3.8, 4) is 12.3 Å². The molecule has 11 heteroatoms. The topological polar surface area (TPSA) is 131 Å². The molecule has 170 valence electrons. The fourth-order valence-corrected chi connectivity index (χ4v) is 3.64. The summed E-state index contributed by atoms with van der Waals surface area (Å²) in [4.78, 5) is 35.4. The first kappa shape index (κ1) is 22.2. The molecular weight excluding hydrogens is 433 g/mol. The molecule has 3 unspecified atom stereocenters. The van der Waals surface area contributed by atoms with Crippen LogP contribution in [0.1, 0.15) is 25.1 Å². The van der Waals surface area contributed by atoms with Crippen LogP contribution in [0.2, 0.25) is 0 Å². The zero-order chi connectivity index (χ0) is 23.6. The highest BCUT2D eigenvalue weighted by atomic mass is 19.1. The van der Waals surface area contributed by atoms with Gasteiger partial charge in [0.1, 0.15) is 18.9 Å². The number of nitrogens with zero attached hydrogens (tertiary/aromatic N) is 4. The molecule has 0 amide bonds. The Morgan fingerprint density at radius 3 is 2.82 bits per heavy atom. The zero-order valence-corrected chi connectivity index (χ0v) is 17.6. The highest BCUT2D eigenvalue weighted by Crippen LogP contribution is 2.40. The van der Waals surface area contributed by atoms with E-state index >= 15 is 0 Å². The van der Waals surface area contributed by atoms with Crippen molar-refractivity contribution in [1.82, 2.24) is 19.5 Å². The van der Waals surface area contributed by atoms with E-state index in [0.717, 1.165) is 5.56 Å². The zero-order valence-electron chi connectivity index (χ0n) is 17.6. The van der Waals surface area contributed by atoms with Gasteiger partial charge in [-0.15, -0.1) is 6.42 Å². The Hall–Kier alpha value is -4.04. The molecule has 4 rings (SSSR count). The number of fused-ring (bicyclic) bond motifs is 1. The predicted molar refractivity (Wildman–Crippen MR) is 113 cm³/mol. The van der Waals surface area contributed by atoms with Crippen LogP contribution in [0.15, 0.2) is 36.7 Å². The van der Waals surface area contributed by atoms with Crippen LogP contribution >= 0.6 is 0 Å². The summed E-state index contributed by atoms with van der Waals surface area (Å²) in [5, 5.41) is 0. The van der Waals surface area contributed by atoms with Crippen molar-refractivity contribution in [2.24, 2.45) is 0 Å². The molecule has 0 radical (unpaired) electrons. The number of aromatic nitrogens is 4. The van der Waals surface area contributed by atoms with Crippen LogP contribution in [0.5, 0.6) is 0 Å². The molecule has 0 spiro atoms. The van der Waals surface area contributed by atoms with Crippen LogP contribution in [0.25, 0.3) is 11.2 Å². The van der Waals surface area contributed by atoms with Gasteiger partial charge in [-0.1, -0.05) is 36.3 Å². The number of nitrogens with two attached hydrogens (primary N) is 1. The van der Waals surface area contributed by atoms with Crippen molar-refractivity contribution in [1.29, 1.82) is 0 Å². The van der Waals surface area contributed by atoms with Crippen LogP contribution in [0.4, 0.5) is 10.2 Å². The summed E-state index contributed by atoms with van der Waals surface area (Å²) in [6.45, 7) is 0.871. The second-order valence-electron chi connectivity index (χ2n) is 7.47. The molecule has 0 aliphatic carbocycles. The van der Waals surface area contributed by atoms with Crippen LogP contribution < -0.4 is 5.73 Å². The molecule has 1 aromatic carbocycles. The highest BCUT2D eigenvalue weighted by molar-refractivity contribution is 5.81.